The van der Waals surface area contributed by atoms with Crippen LogP contribution in [0, 0.1) is 6.92 Å². The second-order valence-corrected chi connectivity index (χ2v) is 3.43. The van der Waals surface area contributed by atoms with E-state index in [9.17, 15) is 4.39 Å². The molecular weight excluding hydrogens is 205 g/mol. The standard InChI is InChI=1S/C12H16FN3/c1-4-11(13)8-15-10(3)16-12-9(2)6-5-7-14-12/h4-8,10,15H,1H2,2-3H3,(H,14,16)/b11-8+. The van der Waals surface area contributed by atoms with Crippen molar-refractivity contribution >= 4 is 5.82 Å². The number of aryl methyl sites for hydroxylation is 1. The van der Waals surface area contributed by atoms with Gasteiger partial charge in [0.25, 0.3) is 0 Å². The van der Waals surface area contributed by atoms with Crippen LogP contribution in [-0.4, -0.2) is 11.1 Å². The van der Waals surface area contributed by atoms with Gasteiger partial charge in [-0.15, -0.1) is 0 Å². The van der Waals surface area contributed by atoms with Crippen LogP contribution in [0.25, 0.3) is 0 Å². The predicted molar refractivity (Wildman–Crippen MR) is 64.6 cm³/mol. The van der Waals surface area contributed by atoms with Crippen LogP contribution in [0.3, 0.4) is 0 Å². The van der Waals surface area contributed by atoms with Crippen LogP contribution < -0.4 is 10.6 Å². The van der Waals surface area contributed by atoms with E-state index in [2.05, 4.69) is 22.2 Å². The summed E-state index contributed by atoms with van der Waals surface area (Å²) in [5, 5.41) is 5.97. The van der Waals surface area contributed by atoms with Gasteiger partial charge in [0.2, 0.25) is 0 Å². The summed E-state index contributed by atoms with van der Waals surface area (Å²) in [4.78, 5) is 4.18. The molecule has 3 nitrogen and oxygen atoms in total. The Morgan fingerprint density at radius 3 is 3.00 bits per heavy atom. The third kappa shape index (κ3) is 3.73. The first kappa shape index (κ1) is 12.2. The van der Waals surface area contributed by atoms with Crippen LogP contribution in [0.15, 0.2) is 43.0 Å². The number of hydrogen-bond acceptors (Lipinski definition) is 3. The zero-order valence-electron chi connectivity index (χ0n) is 9.50. The summed E-state index contributed by atoms with van der Waals surface area (Å²) in [6.07, 6.45) is 4.01. The molecular formula is C12H16FN3. The van der Waals surface area contributed by atoms with Crippen molar-refractivity contribution in [3.05, 3.63) is 48.6 Å². The van der Waals surface area contributed by atoms with Crippen molar-refractivity contribution in [3.8, 4) is 0 Å². The minimum atomic E-state index is -0.397. The van der Waals surface area contributed by atoms with Crippen LogP contribution >= 0.6 is 0 Å². The fourth-order valence-corrected chi connectivity index (χ4v) is 1.15. The van der Waals surface area contributed by atoms with Crippen LogP contribution in [-0.2, 0) is 0 Å². The summed E-state index contributed by atoms with van der Waals surface area (Å²) in [5.41, 5.74) is 1.05. The molecule has 1 unspecified atom stereocenters. The molecule has 0 saturated carbocycles. The molecule has 1 atom stereocenters. The van der Waals surface area contributed by atoms with Crippen molar-refractivity contribution in [3.63, 3.8) is 0 Å². The number of nitrogens with one attached hydrogen (secondary N) is 2. The van der Waals surface area contributed by atoms with Gasteiger partial charge in [0.15, 0.2) is 0 Å². The summed E-state index contributed by atoms with van der Waals surface area (Å²) in [6.45, 7) is 7.16. The van der Waals surface area contributed by atoms with Crippen molar-refractivity contribution in [2.24, 2.45) is 0 Å². The van der Waals surface area contributed by atoms with Gasteiger partial charge in [0.1, 0.15) is 11.6 Å². The normalized spacial score (nSPS) is 13.1. The third-order valence-electron chi connectivity index (χ3n) is 2.03. The second-order valence-electron chi connectivity index (χ2n) is 3.43. The number of halogens is 1. The molecule has 0 aromatic carbocycles. The molecule has 0 aliphatic carbocycles. The fraction of sp³-hybridized carbons (Fsp3) is 0.250. The molecule has 1 heterocycles. The largest absolute Gasteiger partial charge is 0.369 e. The van der Waals surface area contributed by atoms with Gasteiger partial charge in [-0.2, -0.15) is 0 Å². The first-order chi connectivity index (χ1) is 7.63. The van der Waals surface area contributed by atoms with Crippen LogP contribution in [0.2, 0.25) is 0 Å². The lowest BCUT2D eigenvalue weighted by molar-refractivity contribution is 0.632. The van der Waals surface area contributed by atoms with E-state index in [0.29, 0.717) is 0 Å². The van der Waals surface area contributed by atoms with Crippen LogP contribution in [0.5, 0.6) is 0 Å². The van der Waals surface area contributed by atoms with Crippen molar-refractivity contribution in [1.29, 1.82) is 0 Å². The number of hydrogen-bond donors (Lipinski definition) is 2. The fourth-order valence-electron chi connectivity index (χ4n) is 1.15. The maximum absolute atomic E-state index is 12.7. The molecule has 4 heteroatoms. The van der Waals surface area contributed by atoms with E-state index in [1.807, 2.05) is 26.0 Å². The summed E-state index contributed by atoms with van der Waals surface area (Å²) in [7, 11) is 0. The van der Waals surface area contributed by atoms with Gasteiger partial charge in [-0.3, -0.25) is 0 Å². The van der Waals surface area contributed by atoms with Crippen LogP contribution in [0.4, 0.5) is 10.2 Å². The highest BCUT2D eigenvalue weighted by molar-refractivity contribution is 5.43. The minimum Gasteiger partial charge on any atom is -0.369 e. The van der Waals surface area contributed by atoms with E-state index >= 15 is 0 Å². The summed E-state index contributed by atoms with van der Waals surface area (Å²) < 4.78 is 12.7. The highest BCUT2D eigenvalue weighted by Gasteiger charge is 2.02. The Kier molecular flexibility index (Phi) is 4.51. The SMILES string of the molecule is C=C/C(F)=C\NC(C)Nc1ncccc1C. The lowest BCUT2D eigenvalue weighted by Gasteiger charge is -2.16. The second kappa shape index (κ2) is 5.90. The molecule has 0 spiro atoms. The summed E-state index contributed by atoms with van der Waals surface area (Å²) in [5.74, 6) is 0.390. The number of anilines is 1. The van der Waals surface area contributed by atoms with E-state index < -0.39 is 5.83 Å². The van der Waals surface area contributed by atoms with Gasteiger partial charge in [0, 0.05) is 12.4 Å². The first-order valence-electron chi connectivity index (χ1n) is 5.06. The Balaban J connectivity index is 2.55. The van der Waals surface area contributed by atoms with Gasteiger partial charge in [-0.25, -0.2) is 9.37 Å². The predicted octanol–water partition coefficient (Wildman–Crippen LogP) is 2.73. The molecule has 0 bridgehead atoms. The third-order valence-corrected chi connectivity index (χ3v) is 2.03. The molecule has 1 rings (SSSR count). The van der Waals surface area contributed by atoms with E-state index in [0.717, 1.165) is 17.5 Å². The Bertz CT molecular complexity index is 388. The molecule has 0 radical (unpaired) electrons. The number of allylic oxidation sites excluding steroid dienone is 2. The Morgan fingerprint density at radius 1 is 1.62 bits per heavy atom. The molecule has 0 amide bonds. The number of aromatic nitrogens is 1. The molecule has 86 valence electrons. The van der Waals surface area contributed by atoms with E-state index in [4.69, 9.17) is 0 Å². The van der Waals surface area contributed by atoms with Crippen molar-refractivity contribution < 1.29 is 4.39 Å². The van der Waals surface area contributed by atoms with Crippen molar-refractivity contribution in [1.82, 2.24) is 10.3 Å². The average molecular weight is 221 g/mol. The van der Waals surface area contributed by atoms with E-state index in [-0.39, 0.29) is 6.17 Å². The maximum atomic E-state index is 12.7. The number of rotatable bonds is 5. The topological polar surface area (TPSA) is 37.0 Å². The highest BCUT2D eigenvalue weighted by Crippen LogP contribution is 2.09. The Morgan fingerprint density at radius 2 is 2.38 bits per heavy atom. The first-order valence-corrected chi connectivity index (χ1v) is 5.06. The van der Waals surface area contributed by atoms with E-state index in [1.54, 1.807) is 6.20 Å². The van der Waals surface area contributed by atoms with Crippen molar-refractivity contribution in [2.75, 3.05) is 5.32 Å². The molecule has 0 aliphatic rings. The Hall–Kier alpha value is -1.84. The van der Waals surface area contributed by atoms with Gasteiger partial charge < -0.3 is 10.6 Å². The van der Waals surface area contributed by atoms with Gasteiger partial charge in [-0.05, 0) is 31.6 Å². The summed E-state index contributed by atoms with van der Waals surface area (Å²) >= 11 is 0. The lowest BCUT2D eigenvalue weighted by atomic mass is 10.3. The Labute approximate surface area is 95.1 Å². The summed E-state index contributed by atoms with van der Waals surface area (Å²) in [6, 6.07) is 3.83. The molecule has 1 aromatic rings. The average Bonchev–Trinajstić information content (AvgIpc) is 2.29. The molecule has 2 N–H and O–H groups in total. The van der Waals surface area contributed by atoms with Gasteiger partial charge in [0.05, 0.1) is 6.17 Å². The quantitative estimate of drug-likeness (QED) is 0.593. The van der Waals surface area contributed by atoms with Crippen LogP contribution in [0.1, 0.15) is 12.5 Å². The number of pyridine rings is 1. The molecule has 1 aromatic heterocycles. The molecule has 16 heavy (non-hydrogen) atoms. The van der Waals surface area contributed by atoms with Crippen molar-refractivity contribution in [2.45, 2.75) is 20.0 Å². The van der Waals surface area contributed by atoms with Gasteiger partial charge in [-0.1, -0.05) is 12.6 Å². The van der Waals surface area contributed by atoms with Gasteiger partial charge >= 0.3 is 0 Å². The molecule has 0 aliphatic heterocycles. The zero-order chi connectivity index (χ0) is 12.0. The smallest absolute Gasteiger partial charge is 0.138 e. The van der Waals surface area contributed by atoms with E-state index in [1.165, 1.54) is 6.20 Å². The lowest BCUT2D eigenvalue weighted by Crippen LogP contribution is -2.30. The minimum absolute atomic E-state index is 0.112. The molecule has 0 saturated heterocycles. The number of nitrogens with zero attached hydrogens (tertiary/aromatic N) is 1. The monoisotopic (exact) mass is 221 g/mol. The zero-order valence-corrected chi connectivity index (χ0v) is 9.50. The highest BCUT2D eigenvalue weighted by atomic mass is 19.1. The molecule has 0 fully saturated rings. The maximum Gasteiger partial charge on any atom is 0.138 e.